The van der Waals surface area contributed by atoms with Gasteiger partial charge in [-0.2, -0.15) is 0 Å². The van der Waals surface area contributed by atoms with E-state index >= 15 is 0 Å². The quantitative estimate of drug-likeness (QED) is 0.643. The number of hydrogen-bond acceptors (Lipinski definition) is 4. The normalized spacial score (nSPS) is 17.5. The average molecular weight is 431 g/mol. The van der Waals surface area contributed by atoms with Gasteiger partial charge in [0.25, 0.3) is 11.8 Å². The SMILES string of the molecule is O=C1NCc2nc(-c3c(F)cccc3F)cc(-n3cnc(N4CCC(F)(F)CC4)c3)c21. The van der Waals surface area contributed by atoms with Gasteiger partial charge in [0.15, 0.2) is 0 Å². The zero-order chi connectivity index (χ0) is 21.8. The van der Waals surface area contributed by atoms with Crippen LogP contribution in [-0.4, -0.2) is 39.5 Å². The molecule has 2 aliphatic rings. The lowest BCUT2D eigenvalue weighted by Gasteiger charge is -2.31. The maximum Gasteiger partial charge on any atom is 0.255 e. The lowest BCUT2D eigenvalue weighted by atomic mass is 10.1. The number of alkyl halides is 2. The Labute approximate surface area is 174 Å². The Kier molecular flexibility index (Phi) is 4.45. The van der Waals surface area contributed by atoms with Crippen molar-refractivity contribution in [2.75, 3.05) is 18.0 Å². The number of fused-ring (bicyclic) bond motifs is 1. The summed E-state index contributed by atoms with van der Waals surface area (Å²) in [6, 6.07) is 4.97. The van der Waals surface area contributed by atoms with Gasteiger partial charge in [0.1, 0.15) is 23.8 Å². The molecule has 1 N–H and O–H groups in total. The molecule has 1 fully saturated rings. The van der Waals surface area contributed by atoms with Crippen LogP contribution in [0.25, 0.3) is 16.9 Å². The molecule has 2 aromatic heterocycles. The molecule has 0 spiro atoms. The van der Waals surface area contributed by atoms with E-state index in [1.807, 2.05) is 0 Å². The molecule has 1 aromatic carbocycles. The van der Waals surface area contributed by atoms with Crippen LogP contribution in [0, 0.1) is 11.6 Å². The number of anilines is 1. The van der Waals surface area contributed by atoms with Gasteiger partial charge < -0.3 is 14.8 Å². The largest absolute Gasteiger partial charge is 0.355 e. The number of aromatic nitrogens is 3. The first kappa shape index (κ1) is 19.5. The average Bonchev–Trinajstić information content (AvgIpc) is 3.35. The van der Waals surface area contributed by atoms with E-state index in [-0.39, 0.29) is 55.2 Å². The number of benzene rings is 1. The van der Waals surface area contributed by atoms with Crippen LogP contribution in [-0.2, 0) is 6.54 Å². The molecule has 160 valence electrons. The predicted molar refractivity (Wildman–Crippen MR) is 104 cm³/mol. The van der Waals surface area contributed by atoms with Crippen molar-refractivity contribution in [1.29, 1.82) is 0 Å². The maximum absolute atomic E-state index is 14.4. The van der Waals surface area contributed by atoms with Gasteiger partial charge in [0.05, 0.1) is 40.9 Å². The summed E-state index contributed by atoms with van der Waals surface area (Å²) in [4.78, 5) is 22.7. The third-order valence-electron chi connectivity index (χ3n) is 5.60. The molecule has 5 rings (SSSR count). The minimum absolute atomic E-state index is 0.0497. The molecule has 6 nitrogen and oxygen atoms in total. The molecular formula is C21H17F4N5O. The van der Waals surface area contributed by atoms with Crippen LogP contribution in [0.3, 0.4) is 0 Å². The monoisotopic (exact) mass is 431 g/mol. The number of nitrogens with zero attached hydrogens (tertiary/aromatic N) is 4. The van der Waals surface area contributed by atoms with Crippen LogP contribution in [0.4, 0.5) is 23.4 Å². The minimum atomic E-state index is -2.68. The van der Waals surface area contributed by atoms with Gasteiger partial charge in [-0.25, -0.2) is 27.5 Å². The predicted octanol–water partition coefficient (Wildman–Crippen LogP) is 3.69. The molecule has 1 saturated heterocycles. The number of pyridine rings is 1. The Hall–Kier alpha value is -3.43. The number of carbonyl (C=O) groups excluding carboxylic acids is 1. The number of imidazole rings is 1. The van der Waals surface area contributed by atoms with Crippen molar-refractivity contribution in [1.82, 2.24) is 19.9 Å². The summed E-state index contributed by atoms with van der Waals surface area (Å²) < 4.78 is 57.2. The van der Waals surface area contributed by atoms with E-state index in [9.17, 15) is 22.4 Å². The van der Waals surface area contributed by atoms with E-state index in [4.69, 9.17) is 0 Å². The Balaban J connectivity index is 1.58. The molecule has 0 unspecified atom stereocenters. The summed E-state index contributed by atoms with van der Waals surface area (Å²) in [5, 5.41) is 2.67. The van der Waals surface area contributed by atoms with Crippen molar-refractivity contribution < 1.29 is 22.4 Å². The molecule has 3 aromatic rings. The molecule has 0 bridgehead atoms. The highest BCUT2D eigenvalue weighted by Gasteiger charge is 2.35. The number of rotatable bonds is 3. The van der Waals surface area contributed by atoms with Crippen molar-refractivity contribution in [3.8, 4) is 16.9 Å². The zero-order valence-corrected chi connectivity index (χ0v) is 16.2. The molecule has 0 atom stereocenters. The lowest BCUT2D eigenvalue weighted by Crippen LogP contribution is -2.39. The fourth-order valence-electron chi connectivity index (χ4n) is 3.96. The number of piperidine rings is 1. The Morgan fingerprint density at radius 1 is 1.06 bits per heavy atom. The smallest absolute Gasteiger partial charge is 0.255 e. The Bertz CT molecular complexity index is 1160. The van der Waals surface area contributed by atoms with Crippen molar-refractivity contribution in [2.45, 2.75) is 25.3 Å². The highest BCUT2D eigenvalue weighted by molar-refractivity contribution is 6.01. The molecule has 0 saturated carbocycles. The van der Waals surface area contributed by atoms with Gasteiger partial charge in [0.2, 0.25) is 0 Å². The highest BCUT2D eigenvalue weighted by Crippen LogP contribution is 2.33. The van der Waals surface area contributed by atoms with Crippen molar-refractivity contribution >= 4 is 11.7 Å². The molecule has 2 aliphatic heterocycles. The third-order valence-corrected chi connectivity index (χ3v) is 5.60. The summed E-state index contributed by atoms with van der Waals surface area (Å²) in [7, 11) is 0. The topological polar surface area (TPSA) is 63.1 Å². The Morgan fingerprint density at radius 2 is 1.77 bits per heavy atom. The molecule has 0 radical (unpaired) electrons. The molecule has 0 aliphatic carbocycles. The van der Waals surface area contributed by atoms with Crippen LogP contribution in [0.1, 0.15) is 28.9 Å². The zero-order valence-electron chi connectivity index (χ0n) is 16.2. The van der Waals surface area contributed by atoms with Crippen LogP contribution in [0.5, 0.6) is 0 Å². The van der Waals surface area contributed by atoms with Crippen LogP contribution >= 0.6 is 0 Å². The number of hydrogen-bond donors (Lipinski definition) is 1. The molecule has 31 heavy (non-hydrogen) atoms. The van der Waals surface area contributed by atoms with Crippen molar-refractivity contribution in [3.63, 3.8) is 0 Å². The van der Waals surface area contributed by atoms with Crippen molar-refractivity contribution in [3.05, 3.63) is 59.7 Å². The maximum atomic E-state index is 14.4. The summed E-state index contributed by atoms with van der Waals surface area (Å²) >= 11 is 0. The second-order valence-electron chi connectivity index (χ2n) is 7.61. The standard InChI is InChI=1S/C21H17F4N5O/c22-12-2-1-3-13(23)18(12)14-8-16(19-15(28-14)9-26-20(19)31)30-10-17(27-11-30)29-6-4-21(24,25)5-7-29/h1-3,8,10-11H,4-7,9H2,(H,26,31). The second kappa shape index (κ2) is 7.07. The fourth-order valence-corrected chi connectivity index (χ4v) is 3.96. The first-order chi connectivity index (χ1) is 14.8. The first-order valence-corrected chi connectivity index (χ1v) is 9.76. The number of carbonyl (C=O) groups is 1. The summed E-state index contributed by atoms with van der Waals surface area (Å²) in [5.41, 5.74) is 0.777. The van der Waals surface area contributed by atoms with Gasteiger partial charge in [-0.3, -0.25) is 4.79 Å². The van der Waals surface area contributed by atoms with Gasteiger partial charge in [-0.1, -0.05) is 6.07 Å². The van der Waals surface area contributed by atoms with Gasteiger partial charge in [-0.15, -0.1) is 0 Å². The number of halogens is 4. The van der Waals surface area contributed by atoms with Gasteiger partial charge in [-0.05, 0) is 18.2 Å². The summed E-state index contributed by atoms with van der Waals surface area (Å²) in [6.07, 6.45) is 2.55. The van der Waals surface area contributed by atoms with E-state index in [0.29, 0.717) is 17.2 Å². The third kappa shape index (κ3) is 3.41. The van der Waals surface area contributed by atoms with E-state index in [0.717, 1.165) is 12.1 Å². The van der Waals surface area contributed by atoms with Gasteiger partial charge >= 0.3 is 0 Å². The molecule has 10 heteroatoms. The Morgan fingerprint density at radius 3 is 2.48 bits per heavy atom. The fraction of sp³-hybridized carbons (Fsp3) is 0.286. The first-order valence-electron chi connectivity index (χ1n) is 9.76. The van der Waals surface area contributed by atoms with Crippen LogP contribution < -0.4 is 10.2 Å². The summed E-state index contributed by atoms with van der Waals surface area (Å²) in [6.45, 7) is 0.448. The minimum Gasteiger partial charge on any atom is -0.355 e. The van der Waals surface area contributed by atoms with E-state index < -0.39 is 17.6 Å². The molecular weight excluding hydrogens is 414 g/mol. The molecule has 1 amide bonds. The van der Waals surface area contributed by atoms with E-state index in [1.54, 1.807) is 15.7 Å². The van der Waals surface area contributed by atoms with E-state index in [1.165, 1.54) is 18.5 Å². The number of amides is 1. The number of nitrogens with one attached hydrogen (secondary N) is 1. The van der Waals surface area contributed by atoms with Crippen LogP contribution in [0.15, 0.2) is 36.8 Å². The van der Waals surface area contributed by atoms with E-state index in [2.05, 4.69) is 15.3 Å². The second-order valence-corrected chi connectivity index (χ2v) is 7.61. The van der Waals surface area contributed by atoms with Crippen LogP contribution in [0.2, 0.25) is 0 Å². The highest BCUT2D eigenvalue weighted by atomic mass is 19.3. The molecule has 4 heterocycles. The lowest BCUT2D eigenvalue weighted by molar-refractivity contribution is -0.0221. The van der Waals surface area contributed by atoms with Gasteiger partial charge in [0, 0.05) is 25.9 Å². The van der Waals surface area contributed by atoms with Crippen molar-refractivity contribution in [2.24, 2.45) is 0 Å². The summed E-state index contributed by atoms with van der Waals surface area (Å²) in [5.74, 6) is -4.08.